The van der Waals surface area contributed by atoms with Crippen molar-refractivity contribution in [3.63, 3.8) is 0 Å². The van der Waals surface area contributed by atoms with Crippen LogP contribution in [-0.4, -0.2) is 19.7 Å². The van der Waals surface area contributed by atoms with E-state index in [1.165, 1.54) is 7.11 Å². The zero-order valence-electron chi connectivity index (χ0n) is 9.62. The molecule has 0 amide bonds. The van der Waals surface area contributed by atoms with Gasteiger partial charge < -0.3 is 9.47 Å². The van der Waals surface area contributed by atoms with Gasteiger partial charge in [-0.25, -0.2) is 4.79 Å². The summed E-state index contributed by atoms with van der Waals surface area (Å²) in [6.07, 6.45) is 0. The summed E-state index contributed by atoms with van der Waals surface area (Å²) in [4.78, 5) is 11.4. The maximum Gasteiger partial charge on any atom is 0.338 e. The Morgan fingerprint density at radius 3 is 2.62 bits per heavy atom. The van der Waals surface area contributed by atoms with Crippen LogP contribution in [0, 0.1) is 5.92 Å². The first-order chi connectivity index (χ1) is 7.52. The van der Waals surface area contributed by atoms with Crippen LogP contribution in [0.2, 0.25) is 0 Å². The average molecular weight is 287 g/mol. The summed E-state index contributed by atoms with van der Waals surface area (Å²) in [6, 6.07) is 5.21. The van der Waals surface area contributed by atoms with Crippen molar-refractivity contribution in [1.29, 1.82) is 0 Å². The largest absolute Gasteiger partial charge is 0.493 e. The van der Waals surface area contributed by atoms with Crippen LogP contribution in [0.15, 0.2) is 22.7 Å². The first-order valence-electron chi connectivity index (χ1n) is 5.04. The molecule has 0 aliphatic heterocycles. The molecule has 0 heterocycles. The Morgan fingerprint density at radius 1 is 1.38 bits per heavy atom. The van der Waals surface area contributed by atoms with Crippen LogP contribution in [0.5, 0.6) is 5.75 Å². The molecule has 0 saturated heterocycles. The Kier molecular flexibility index (Phi) is 4.80. The minimum atomic E-state index is -0.365. The molecule has 0 aliphatic rings. The van der Waals surface area contributed by atoms with Gasteiger partial charge in [0.15, 0.2) is 0 Å². The molecule has 0 saturated carbocycles. The van der Waals surface area contributed by atoms with E-state index in [-0.39, 0.29) is 5.97 Å². The van der Waals surface area contributed by atoms with Gasteiger partial charge in [-0.05, 0) is 24.1 Å². The van der Waals surface area contributed by atoms with Gasteiger partial charge in [-0.3, -0.25) is 0 Å². The maximum absolute atomic E-state index is 11.4. The summed E-state index contributed by atoms with van der Waals surface area (Å²) in [5, 5.41) is 0. The number of benzene rings is 1. The number of carbonyl (C=O) groups is 1. The van der Waals surface area contributed by atoms with Gasteiger partial charge in [-0.15, -0.1) is 0 Å². The van der Waals surface area contributed by atoms with Gasteiger partial charge in [0.25, 0.3) is 0 Å². The van der Waals surface area contributed by atoms with Crippen LogP contribution >= 0.6 is 15.9 Å². The van der Waals surface area contributed by atoms with Crippen molar-refractivity contribution in [3.8, 4) is 5.75 Å². The van der Waals surface area contributed by atoms with Crippen molar-refractivity contribution >= 4 is 21.9 Å². The molecule has 1 aromatic carbocycles. The highest BCUT2D eigenvalue weighted by Gasteiger charge is 2.08. The molecule has 0 aliphatic carbocycles. The van der Waals surface area contributed by atoms with Gasteiger partial charge in [0.2, 0.25) is 0 Å². The minimum Gasteiger partial charge on any atom is -0.493 e. The average Bonchev–Trinajstić information content (AvgIpc) is 2.24. The third kappa shape index (κ3) is 3.85. The summed E-state index contributed by atoms with van der Waals surface area (Å²) >= 11 is 3.33. The molecule has 0 unspecified atom stereocenters. The number of esters is 1. The molecular weight excluding hydrogens is 272 g/mol. The molecule has 0 spiro atoms. The van der Waals surface area contributed by atoms with Gasteiger partial charge >= 0.3 is 5.97 Å². The van der Waals surface area contributed by atoms with Crippen molar-refractivity contribution in [2.45, 2.75) is 13.8 Å². The standard InChI is InChI=1S/C12H15BrO3/c1-8(2)7-16-11-5-9(12(14)15-3)4-10(13)6-11/h4-6,8H,7H2,1-3H3. The highest BCUT2D eigenvalue weighted by Crippen LogP contribution is 2.22. The Labute approximate surface area is 104 Å². The molecule has 1 rings (SSSR count). The second-order valence-corrected chi connectivity index (χ2v) is 4.79. The normalized spacial score (nSPS) is 10.3. The molecule has 1 aromatic rings. The lowest BCUT2D eigenvalue weighted by atomic mass is 10.2. The van der Waals surface area contributed by atoms with Crippen molar-refractivity contribution < 1.29 is 14.3 Å². The van der Waals surface area contributed by atoms with Gasteiger partial charge in [0.05, 0.1) is 19.3 Å². The second kappa shape index (κ2) is 5.89. The Morgan fingerprint density at radius 2 is 2.06 bits per heavy atom. The SMILES string of the molecule is COC(=O)c1cc(Br)cc(OCC(C)C)c1. The van der Waals surface area contributed by atoms with E-state index in [0.717, 1.165) is 4.47 Å². The van der Waals surface area contributed by atoms with E-state index in [9.17, 15) is 4.79 Å². The Balaban J connectivity index is 2.85. The number of rotatable bonds is 4. The fourth-order valence-corrected chi connectivity index (χ4v) is 1.62. The minimum absolute atomic E-state index is 0.365. The van der Waals surface area contributed by atoms with Crippen molar-refractivity contribution in [3.05, 3.63) is 28.2 Å². The second-order valence-electron chi connectivity index (χ2n) is 3.87. The van der Waals surface area contributed by atoms with Crippen molar-refractivity contribution in [1.82, 2.24) is 0 Å². The predicted molar refractivity (Wildman–Crippen MR) is 65.8 cm³/mol. The highest BCUT2D eigenvalue weighted by atomic mass is 79.9. The predicted octanol–water partition coefficient (Wildman–Crippen LogP) is 3.27. The maximum atomic E-state index is 11.4. The topological polar surface area (TPSA) is 35.5 Å². The summed E-state index contributed by atoms with van der Waals surface area (Å²) in [5.41, 5.74) is 0.482. The van der Waals surface area contributed by atoms with Crippen LogP contribution in [0.3, 0.4) is 0 Å². The number of carbonyl (C=O) groups excluding carboxylic acids is 1. The number of methoxy groups -OCH3 is 1. The fourth-order valence-electron chi connectivity index (χ4n) is 1.14. The fraction of sp³-hybridized carbons (Fsp3) is 0.417. The van der Waals surface area contributed by atoms with E-state index in [1.54, 1.807) is 12.1 Å². The van der Waals surface area contributed by atoms with E-state index in [1.807, 2.05) is 6.07 Å². The quantitative estimate of drug-likeness (QED) is 0.797. The molecule has 0 bridgehead atoms. The zero-order valence-corrected chi connectivity index (χ0v) is 11.2. The van der Waals surface area contributed by atoms with Crippen LogP contribution in [0.4, 0.5) is 0 Å². The summed E-state index contributed by atoms with van der Waals surface area (Å²) < 4.78 is 11.0. The smallest absolute Gasteiger partial charge is 0.338 e. The van der Waals surface area contributed by atoms with Crippen molar-refractivity contribution in [2.75, 3.05) is 13.7 Å². The van der Waals surface area contributed by atoms with Gasteiger partial charge in [0.1, 0.15) is 5.75 Å². The van der Waals surface area contributed by atoms with E-state index < -0.39 is 0 Å². The lowest BCUT2D eigenvalue weighted by Crippen LogP contribution is -2.06. The summed E-state index contributed by atoms with van der Waals surface area (Å²) in [5.74, 6) is 0.750. The van der Waals surface area contributed by atoms with Crippen molar-refractivity contribution in [2.24, 2.45) is 5.92 Å². The van der Waals surface area contributed by atoms with Crippen LogP contribution in [0.1, 0.15) is 24.2 Å². The van der Waals surface area contributed by atoms with Gasteiger partial charge in [-0.1, -0.05) is 29.8 Å². The van der Waals surface area contributed by atoms with E-state index in [4.69, 9.17) is 4.74 Å². The Hall–Kier alpha value is -1.03. The summed E-state index contributed by atoms with van der Waals surface area (Å²) in [7, 11) is 1.36. The first kappa shape index (κ1) is 13.0. The molecular formula is C12H15BrO3. The monoisotopic (exact) mass is 286 g/mol. The third-order valence-electron chi connectivity index (χ3n) is 1.88. The molecule has 88 valence electrons. The number of ether oxygens (including phenoxy) is 2. The molecule has 0 aromatic heterocycles. The highest BCUT2D eigenvalue weighted by molar-refractivity contribution is 9.10. The van der Waals surface area contributed by atoms with E-state index in [2.05, 4.69) is 34.5 Å². The van der Waals surface area contributed by atoms with Crippen LogP contribution in [-0.2, 0) is 4.74 Å². The zero-order chi connectivity index (χ0) is 12.1. The first-order valence-corrected chi connectivity index (χ1v) is 5.84. The van der Waals surface area contributed by atoms with Crippen LogP contribution < -0.4 is 4.74 Å². The van der Waals surface area contributed by atoms with Gasteiger partial charge in [-0.2, -0.15) is 0 Å². The van der Waals surface area contributed by atoms with Crippen LogP contribution in [0.25, 0.3) is 0 Å². The number of hydrogen-bond acceptors (Lipinski definition) is 3. The molecule has 0 N–H and O–H groups in total. The van der Waals surface area contributed by atoms with E-state index in [0.29, 0.717) is 23.8 Å². The molecule has 0 fully saturated rings. The molecule has 3 nitrogen and oxygen atoms in total. The van der Waals surface area contributed by atoms with E-state index >= 15 is 0 Å². The summed E-state index contributed by atoms with van der Waals surface area (Å²) in [6.45, 7) is 4.76. The third-order valence-corrected chi connectivity index (χ3v) is 2.33. The lowest BCUT2D eigenvalue weighted by molar-refractivity contribution is 0.0600. The lowest BCUT2D eigenvalue weighted by Gasteiger charge is -2.10. The molecule has 4 heteroatoms. The Bertz CT molecular complexity index is 375. The molecule has 0 radical (unpaired) electrons. The number of hydrogen-bond donors (Lipinski definition) is 0. The molecule has 0 atom stereocenters. The number of halogens is 1. The van der Waals surface area contributed by atoms with Gasteiger partial charge in [0, 0.05) is 4.47 Å². The molecule has 16 heavy (non-hydrogen) atoms.